The molecule has 0 aliphatic heterocycles. The van der Waals surface area contributed by atoms with E-state index in [1.54, 1.807) is 24.5 Å². The average Bonchev–Trinajstić information content (AvgIpc) is 3.19. The first-order chi connectivity index (χ1) is 15.6. The maximum absolute atomic E-state index is 12.8. The number of furan rings is 1. The molecule has 0 fully saturated rings. The zero-order valence-electron chi connectivity index (χ0n) is 16.6. The summed E-state index contributed by atoms with van der Waals surface area (Å²) < 4.78 is 5.84. The number of para-hydroxylation sites is 1. The highest BCUT2D eigenvalue weighted by atomic mass is 35.5. The second-order valence-corrected chi connectivity index (χ2v) is 7.99. The molecule has 5 rings (SSSR count). The van der Waals surface area contributed by atoms with Gasteiger partial charge in [0.1, 0.15) is 11.2 Å². The van der Waals surface area contributed by atoms with Gasteiger partial charge >= 0.3 is 0 Å². The van der Waals surface area contributed by atoms with Crippen LogP contribution < -0.4 is 5.48 Å². The van der Waals surface area contributed by atoms with E-state index >= 15 is 0 Å². The first kappa shape index (κ1) is 20.5. The fourth-order valence-corrected chi connectivity index (χ4v) is 4.24. The van der Waals surface area contributed by atoms with Crippen LogP contribution in [0.15, 0.2) is 83.5 Å². The second-order valence-electron chi connectivity index (χ2n) is 7.17. The highest BCUT2D eigenvalue weighted by Crippen LogP contribution is 2.34. The normalized spacial score (nSPS) is 11.2. The Bertz CT molecular complexity index is 1430. The van der Waals surface area contributed by atoms with Crippen LogP contribution in [0.2, 0.25) is 10.0 Å². The molecule has 32 heavy (non-hydrogen) atoms. The maximum Gasteiger partial charge on any atom is 0.275 e. The predicted molar refractivity (Wildman–Crippen MR) is 126 cm³/mol. The molecule has 1 amide bonds. The molecule has 0 bridgehead atoms. The van der Waals surface area contributed by atoms with Crippen molar-refractivity contribution in [3.05, 3.63) is 100 Å². The van der Waals surface area contributed by atoms with Gasteiger partial charge in [-0.2, -0.15) is 0 Å². The molecule has 5 aromatic rings. The first-order valence-electron chi connectivity index (χ1n) is 9.82. The number of benzene rings is 3. The summed E-state index contributed by atoms with van der Waals surface area (Å²) in [5.41, 5.74) is 6.88. The predicted octanol–water partition coefficient (Wildman–Crippen LogP) is 6.82. The van der Waals surface area contributed by atoms with E-state index in [0.717, 1.165) is 33.0 Å². The van der Waals surface area contributed by atoms with Gasteiger partial charge < -0.3 is 4.42 Å². The van der Waals surface area contributed by atoms with Gasteiger partial charge in [0.05, 0.1) is 22.2 Å². The molecule has 1 N–H and O–H groups in total. The summed E-state index contributed by atoms with van der Waals surface area (Å²) in [4.78, 5) is 22.2. The fraction of sp³-hybridized carbons (Fsp3) is 0.0400. The lowest BCUT2D eigenvalue weighted by Crippen LogP contribution is -2.23. The number of aromatic nitrogens is 1. The van der Waals surface area contributed by atoms with E-state index in [4.69, 9.17) is 32.5 Å². The molecule has 0 spiro atoms. The third-order valence-corrected chi connectivity index (χ3v) is 5.72. The van der Waals surface area contributed by atoms with Crippen LogP contribution in [-0.4, -0.2) is 10.9 Å². The van der Waals surface area contributed by atoms with Crippen molar-refractivity contribution in [2.75, 3.05) is 0 Å². The van der Waals surface area contributed by atoms with Crippen LogP contribution in [0.4, 0.5) is 0 Å². The van der Waals surface area contributed by atoms with Crippen molar-refractivity contribution in [3.8, 4) is 11.1 Å². The quantitative estimate of drug-likeness (QED) is 0.291. The van der Waals surface area contributed by atoms with E-state index in [1.807, 2.05) is 54.6 Å². The molecule has 7 heteroatoms. The lowest BCUT2D eigenvalue weighted by molar-refractivity contribution is 0.0235. The molecule has 0 saturated carbocycles. The Labute approximate surface area is 193 Å². The Balaban J connectivity index is 1.30. The Kier molecular flexibility index (Phi) is 5.53. The van der Waals surface area contributed by atoms with Crippen LogP contribution in [0, 0.1) is 0 Å². The summed E-state index contributed by atoms with van der Waals surface area (Å²) in [6.45, 7) is 0.200. The number of halogens is 2. The highest BCUT2D eigenvalue weighted by Gasteiger charge is 2.16. The number of fused-ring (bicyclic) bond motifs is 3. The molecule has 0 saturated heterocycles. The van der Waals surface area contributed by atoms with Crippen LogP contribution in [0.5, 0.6) is 0 Å². The van der Waals surface area contributed by atoms with Crippen molar-refractivity contribution in [1.82, 2.24) is 10.5 Å². The van der Waals surface area contributed by atoms with Gasteiger partial charge in [0, 0.05) is 28.7 Å². The number of nitrogens with zero attached hydrogens (tertiary/aromatic N) is 1. The van der Waals surface area contributed by atoms with Crippen LogP contribution in [0.25, 0.3) is 33.1 Å². The third kappa shape index (κ3) is 3.82. The number of carbonyl (C=O) groups is 1. The van der Waals surface area contributed by atoms with Crippen molar-refractivity contribution in [2.45, 2.75) is 6.61 Å². The number of hydroxylamine groups is 1. The number of hydrogen-bond donors (Lipinski definition) is 1. The number of hydrogen-bond acceptors (Lipinski definition) is 4. The minimum Gasteiger partial charge on any atom is -0.456 e. The largest absolute Gasteiger partial charge is 0.456 e. The molecule has 158 valence electrons. The Morgan fingerprint density at radius 1 is 0.906 bits per heavy atom. The summed E-state index contributed by atoms with van der Waals surface area (Å²) in [6, 6.07) is 20.6. The zero-order chi connectivity index (χ0) is 22.1. The van der Waals surface area contributed by atoms with Gasteiger partial charge in [-0.1, -0.05) is 71.7 Å². The van der Waals surface area contributed by atoms with Gasteiger partial charge in [-0.25, -0.2) is 5.48 Å². The molecule has 0 aliphatic rings. The Morgan fingerprint density at radius 3 is 2.41 bits per heavy atom. The lowest BCUT2D eigenvalue weighted by atomic mass is 10.1. The smallest absolute Gasteiger partial charge is 0.275 e. The Morgan fingerprint density at radius 2 is 1.62 bits per heavy atom. The van der Waals surface area contributed by atoms with Gasteiger partial charge in [0.15, 0.2) is 0 Å². The monoisotopic (exact) mass is 462 g/mol. The number of amides is 1. The summed E-state index contributed by atoms with van der Waals surface area (Å²) in [5, 5.41) is 2.61. The van der Waals surface area contributed by atoms with E-state index < -0.39 is 0 Å². The lowest BCUT2D eigenvalue weighted by Gasteiger charge is -2.09. The van der Waals surface area contributed by atoms with E-state index in [1.165, 1.54) is 0 Å². The first-order valence-corrected chi connectivity index (χ1v) is 10.6. The molecule has 5 nitrogen and oxygen atoms in total. The van der Waals surface area contributed by atoms with Gasteiger partial charge in [0.25, 0.3) is 5.91 Å². The van der Waals surface area contributed by atoms with E-state index in [0.29, 0.717) is 21.2 Å². The Hall–Kier alpha value is -3.38. The van der Waals surface area contributed by atoms with Crippen molar-refractivity contribution in [1.29, 1.82) is 0 Å². The van der Waals surface area contributed by atoms with Gasteiger partial charge in [-0.3, -0.25) is 14.6 Å². The molecule has 3 aromatic carbocycles. The number of pyridine rings is 1. The number of rotatable bonds is 5. The summed E-state index contributed by atoms with van der Waals surface area (Å²) >= 11 is 12.4. The number of nitrogens with one attached hydrogen (secondary N) is 1. The van der Waals surface area contributed by atoms with E-state index in [9.17, 15) is 4.79 Å². The van der Waals surface area contributed by atoms with Crippen molar-refractivity contribution in [2.24, 2.45) is 0 Å². The molecule has 2 heterocycles. The summed E-state index contributed by atoms with van der Waals surface area (Å²) in [6.07, 6.45) is 3.11. The van der Waals surface area contributed by atoms with Gasteiger partial charge in [0.2, 0.25) is 0 Å². The summed E-state index contributed by atoms with van der Waals surface area (Å²) in [7, 11) is 0. The average molecular weight is 463 g/mol. The van der Waals surface area contributed by atoms with Gasteiger partial charge in [-0.05, 0) is 29.3 Å². The van der Waals surface area contributed by atoms with Crippen LogP contribution in [-0.2, 0) is 11.4 Å². The topological polar surface area (TPSA) is 64.4 Å². The minimum atomic E-state index is -0.339. The van der Waals surface area contributed by atoms with E-state index in [2.05, 4.69) is 10.5 Å². The molecule has 2 aromatic heterocycles. The highest BCUT2D eigenvalue weighted by molar-refractivity contribution is 6.39. The molecule has 0 aliphatic carbocycles. The third-order valence-electron chi connectivity index (χ3n) is 5.15. The van der Waals surface area contributed by atoms with Crippen LogP contribution in [0.1, 0.15) is 15.9 Å². The van der Waals surface area contributed by atoms with Gasteiger partial charge in [-0.15, -0.1) is 0 Å². The fourth-order valence-electron chi connectivity index (χ4n) is 3.66. The molecule has 0 atom stereocenters. The minimum absolute atomic E-state index is 0.200. The maximum atomic E-state index is 12.8. The molecular formula is C25H16Cl2N2O3. The SMILES string of the molecule is O=C(NOCc1ccc(-c2c(Cl)cncc2Cl)cc1)c1cccc2oc3ccccc3c12. The number of carbonyl (C=O) groups excluding carboxylic acids is 1. The van der Waals surface area contributed by atoms with Crippen molar-refractivity contribution < 1.29 is 14.0 Å². The summed E-state index contributed by atoms with van der Waals surface area (Å²) in [5.74, 6) is -0.339. The second kappa shape index (κ2) is 8.63. The zero-order valence-corrected chi connectivity index (χ0v) is 18.2. The van der Waals surface area contributed by atoms with Crippen molar-refractivity contribution >= 4 is 51.0 Å². The molecule has 0 unspecified atom stereocenters. The molecular weight excluding hydrogens is 447 g/mol. The van der Waals surface area contributed by atoms with Crippen LogP contribution in [0.3, 0.4) is 0 Å². The molecule has 0 radical (unpaired) electrons. The van der Waals surface area contributed by atoms with Crippen LogP contribution >= 0.6 is 23.2 Å². The van der Waals surface area contributed by atoms with E-state index in [-0.39, 0.29) is 12.5 Å². The van der Waals surface area contributed by atoms with Crippen molar-refractivity contribution in [3.63, 3.8) is 0 Å². The standard InChI is InChI=1S/C25H16Cl2N2O3/c26-19-12-28-13-20(27)23(19)16-10-8-15(9-11-16)14-31-29-25(30)18-5-3-7-22-24(18)17-4-1-2-6-21(17)32-22/h1-13H,14H2,(H,29,30).